The van der Waals surface area contributed by atoms with Gasteiger partial charge in [0.15, 0.2) is 0 Å². The normalized spacial score (nSPS) is 10.2. The molecule has 0 atom stereocenters. The van der Waals surface area contributed by atoms with Crippen LogP contribution < -0.4 is 11.1 Å². The molecule has 4 heteroatoms. The van der Waals surface area contributed by atoms with Gasteiger partial charge < -0.3 is 16.2 Å². The van der Waals surface area contributed by atoms with Gasteiger partial charge in [0.25, 0.3) is 0 Å². The van der Waals surface area contributed by atoms with Crippen molar-refractivity contribution in [2.75, 3.05) is 13.1 Å². The first kappa shape index (κ1) is 11.7. The number of aliphatic carboxylic acids is 1. The van der Waals surface area contributed by atoms with Crippen molar-refractivity contribution < 1.29 is 9.90 Å². The van der Waals surface area contributed by atoms with E-state index < -0.39 is 5.97 Å². The van der Waals surface area contributed by atoms with E-state index in [4.69, 9.17) is 10.8 Å². The van der Waals surface area contributed by atoms with E-state index >= 15 is 0 Å². The summed E-state index contributed by atoms with van der Waals surface area (Å²) in [7, 11) is 0. The third-order valence-corrected chi connectivity index (χ3v) is 2.00. The lowest BCUT2D eigenvalue weighted by molar-refractivity contribution is -0.136. The summed E-state index contributed by atoms with van der Waals surface area (Å²) >= 11 is 0. The van der Waals surface area contributed by atoms with E-state index in [-0.39, 0.29) is 6.42 Å². The standard InChI is InChI=1S/C11H16N2O2/c12-4-5-13-8-10-3-1-2-9(6-10)7-11(14)15/h1-3,6,13H,4-5,7-8,12H2,(H,14,15). The average molecular weight is 208 g/mol. The Kier molecular flexibility index (Phi) is 4.80. The van der Waals surface area contributed by atoms with Gasteiger partial charge >= 0.3 is 5.97 Å². The second kappa shape index (κ2) is 6.16. The molecule has 0 aliphatic carbocycles. The Morgan fingerprint density at radius 2 is 2.13 bits per heavy atom. The van der Waals surface area contributed by atoms with E-state index in [0.717, 1.165) is 24.2 Å². The molecule has 0 amide bonds. The van der Waals surface area contributed by atoms with E-state index in [1.54, 1.807) is 0 Å². The van der Waals surface area contributed by atoms with Crippen LogP contribution in [-0.4, -0.2) is 24.2 Å². The molecule has 1 aromatic carbocycles. The van der Waals surface area contributed by atoms with Gasteiger partial charge in [-0.15, -0.1) is 0 Å². The summed E-state index contributed by atoms with van der Waals surface area (Å²) in [5.41, 5.74) is 7.26. The number of carboxylic acid groups (broad SMARTS) is 1. The number of hydrogen-bond acceptors (Lipinski definition) is 3. The van der Waals surface area contributed by atoms with Crippen LogP contribution >= 0.6 is 0 Å². The molecule has 0 saturated carbocycles. The van der Waals surface area contributed by atoms with Gasteiger partial charge in [0.1, 0.15) is 0 Å². The zero-order valence-electron chi connectivity index (χ0n) is 8.57. The van der Waals surface area contributed by atoms with Crippen molar-refractivity contribution in [3.63, 3.8) is 0 Å². The van der Waals surface area contributed by atoms with Crippen molar-refractivity contribution >= 4 is 5.97 Å². The predicted molar refractivity (Wildman–Crippen MR) is 58.5 cm³/mol. The summed E-state index contributed by atoms with van der Waals surface area (Å²) in [6.45, 7) is 2.10. The number of nitrogens with two attached hydrogens (primary N) is 1. The monoisotopic (exact) mass is 208 g/mol. The molecule has 1 rings (SSSR count). The van der Waals surface area contributed by atoms with Crippen molar-refractivity contribution in [1.29, 1.82) is 0 Å². The van der Waals surface area contributed by atoms with Crippen LogP contribution in [0.1, 0.15) is 11.1 Å². The first-order valence-electron chi connectivity index (χ1n) is 4.93. The molecule has 0 aromatic heterocycles. The first-order chi connectivity index (χ1) is 7.22. The van der Waals surface area contributed by atoms with E-state index in [0.29, 0.717) is 6.54 Å². The van der Waals surface area contributed by atoms with E-state index in [1.807, 2.05) is 24.3 Å². The van der Waals surface area contributed by atoms with E-state index in [1.165, 1.54) is 0 Å². The third-order valence-electron chi connectivity index (χ3n) is 2.00. The Morgan fingerprint density at radius 1 is 1.40 bits per heavy atom. The zero-order chi connectivity index (χ0) is 11.1. The first-order valence-corrected chi connectivity index (χ1v) is 4.93. The molecule has 4 nitrogen and oxygen atoms in total. The molecule has 0 aliphatic heterocycles. The SMILES string of the molecule is NCCNCc1cccc(CC(=O)O)c1. The highest BCUT2D eigenvalue weighted by Crippen LogP contribution is 2.05. The summed E-state index contributed by atoms with van der Waals surface area (Å²) in [6.07, 6.45) is 0.0741. The molecule has 82 valence electrons. The van der Waals surface area contributed by atoms with E-state index in [2.05, 4.69) is 5.32 Å². The Hall–Kier alpha value is -1.39. The van der Waals surface area contributed by atoms with Gasteiger partial charge in [-0.25, -0.2) is 0 Å². The number of hydrogen-bond donors (Lipinski definition) is 3. The molecular formula is C11H16N2O2. The van der Waals surface area contributed by atoms with Gasteiger partial charge in [-0.2, -0.15) is 0 Å². The molecule has 0 spiro atoms. The maximum atomic E-state index is 10.5. The molecule has 0 unspecified atom stereocenters. The highest BCUT2D eigenvalue weighted by atomic mass is 16.4. The minimum atomic E-state index is -0.804. The van der Waals surface area contributed by atoms with Crippen molar-refractivity contribution in [3.8, 4) is 0 Å². The topological polar surface area (TPSA) is 75.3 Å². The van der Waals surface area contributed by atoms with Crippen LogP contribution in [0.15, 0.2) is 24.3 Å². The molecular weight excluding hydrogens is 192 g/mol. The summed E-state index contributed by atoms with van der Waals surface area (Å²) in [5.74, 6) is -0.804. The van der Waals surface area contributed by atoms with Crippen LogP contribution in [-0.2, 0) is 17.8 Å². The maximum Gasteiger partial charge on any atom is 0.307 e. The lowest BCUT2D eigenvalue weighted by Gasteiger charge is -2.04. The number of nitrogens with one attached hydrogen (secondary N) is 1. The minimum Gasteiger partial charge on any atom is -0.481 e. The Labute approximate surface area is 89.1 Å². The molecule has 0 radical (unpaired) electrons. The van der Waals surface area contributed by atoms with Crippen LogP contribution in [0.25, 0.3) is 0 Å². The van der Waals surface area contributed by atoms with Crippen molar-refractivity contribution in [2.45, 2.75) is 13.0 Å². The van der Waals surface area contributed by atoms with E-state index in [9.17, 15) is 4.79 Å². The van der Waals surface area contributed by atoms with Crippen molar-refractivity contribution in [3.05, 3.63) is 35.4 Å². The lowest BCUT2D eigenvalue weighted by Crippen LogP contribution is -2.21. The van der Waals surface area contributed by atoms with Gasteiger partial charge in [0.2, 0.25) is 0 Å². The number of rotatable bonds is 6. The van der Waals surface area contributed by atoms with Crippen molar-refractivity contribution in [1.82, 2.24) is 5.32 Å². The summed E-state index contributed by atoms with van der Waals surface area (Å²) < 4.78 is 0. The van der Waals surface area contributed by atoms with Gasteiger partial charge in [-0.3, -0.25) is 4.79 Å². The molecule has 1 aromatic rings. The fraction of sp³-hybridized carbons (Fsp3) is 0.364. The number of carboxylic acids is 1. The molecule has 0 saturated heterocycles. The second-order valence-electron chi connectivity index (χ2n) is 3.36. The fourth-order valence-corrected chi connectivity index (χ4v) is 1.36. The average Bonchev–Trinajstić information content (AvgIpc) is 2.18. The molecule has 0 fully saturated rings. The molecule has 4 N–H and O–H groups in total. The predicted octanol–water partition coefficient (Wildman–Crippen LogP) is 0.362. The maximum absolute atomic E-state index is 10.5. The van der Waals surface area contributed by atoms with Crippen LogP contribution in [0, 0.1) is 0 Å². The number of benzene rings is 1. The van der Waals surface area contributed by atoms with Gasteiger partial charge in [0, 0.05) is 19.6 Å². The Morgan fingerprint density at radius 3 is 2.80 bits per heavy atom. The molecule has 15 heavy (non-hydrogen) atoms. The number of carbonyl (C=O) groups is 1. The smallest absolute Gasteiger partial charge is 0.307 e. The molecule has 0 heterocycles. The largest absolute Gasteiger partial charge is 0.481 e. The highest BCUT2D eigenvalue weighted by Gasteiger charge is 2.00. The summed E-state index contributed by atoms with van der Waals surface area (Å²) in [6, 6.07) is 7.56. The minimum absolute atomic E-state index is 0.0741. The lowest BCUT2D eigenvalue weighted by atomic mass is 10.1. The molecule has 0 aliphatic rings. The zero-order valence-corrected chi connectivity index (χ0v) is 8.57. The van der Waals surface area contributed by atoms with Crippen LogP contribution in [0.4, 0.5) is 0 Å². The van der Waals surface area contributed by atoms with Gasteiger partial charge in [-0.1, -0.05) is 24.3 Å². The summed E-state index contributed by atoms with van der Waals surface area (Å²) in [5, 5.41) is 11.8. The van der Waals surface area contributed by atoms with Gasteiger partial charge in [0.05, 0.1) is 6.42 Å². The fourth-order valence-electron chi connectivity index (χ4n) is 1.36. The Bertz CT molecular complexity index is 326. The quantitative estimate of drug-likeness (QED) is 0.590. The van der Waals surface area contributed by atoms with Crippen LogP contribution in [0.2, 0.25) is 0 Å². The van der Waals surface area contributed by atoms with Gasteiger partial charge in [-0.05, 0) is 11.1 Å². The third kappa shape index (κ3) is 4.58. The van der Waals surface area contributed by atoms with Crippen molar-refractivity contribution in [2.24, 2.45) is 5.73 Å². The highest BCUT2D eigenvalue weighted by molar-refractivity contribution is 5.70. The van der Waals surface area contributed by atoms with Crippen LogP contribution in [0.3, 0.4) is 0 Å². The summed E-state index contributed by atoms with van der Waals surface area (Å²) in [4.78, 5) is 10.5. The second-order valence-corrected chi connectivity index (χ2v) is 3.36. The van der Waals surface area contributed by atoms with Crippen LogP contribution in [0.5, 0.6) is 0 Å². The Balaban J connectivity index is 2.53. The molecule has 0 bridgehead atoms.